The minimum atomic E-state index is 0.623. The van der Waals surface area contributed by atoms with Crippen LogP contribution in [0.5, 0.6) is 0 Å². The number of aromatic nitrogens is 1. The van der Waals surface area contributed by atoms with E-state index in [0.717, 1.165) is 0 Å². The number of benzene rings is 1. The highest BCUT2D eigenvalue weighted by Crippen LogP contribution is 2.23. The lowest BCUT2D eigenvalue weighted by Gasteiger charge is -2.08. The molecule has 1 heterocycles. The molecule has 0 saturated carbocycles. The standard InChI is InChI=1S/C14H20N2S/c1-11(15-2)6-5-9-17-14-10-12-7-3-4-8-13(12)16-14/h3-4,7-8,10-11,15-16H,5-6,9H2,1-2H3. The van der Waals surface area contributed by atoms with Gasteiger partial charge in [0.05, 0.1) is 5.03 Å². The quantitative estimate of drug-likeness (QED) is 0.603. The number of fused-ring (bicyclic) bond motifs is 1. The summed E-state index contributed by atoms with van der Waals surface area (Å²) in [6.07, 6.45) is 2.49. The molecule has 0 saturated heterocycles. The van der Waals surface area contributed by atoms with Gasteiger partial charge in [-0.1, -0.05) is 18.2 Å². The number of thioether (sulfide) groups is 1. The monoisotopic (exact) mass is 248 g/mol. The Kier molecular flexibility index (Phi) is 4.51. The van der Waals surface area contributed by atoms with Crippen LogP contribution in [0.1, 0.15) is 19.8 Å². The molecule has 0 aliphatic rings. The summed E-state index contributed by atoms with van der Waals surface area (Å²) in [6, 6.07) is 11.3. The van der Waals surface area contributed by atoms with E-state index in [9.17, 15) is 0 Å². The second-order valence-corrected chi connectivity index (χ2v) is 5.54. The molecule has 0 aliphatic carbocycles. The average molecular weight is 248 g/mol. The van der Waals surface area contributed by atoms with Crippen LogP contribution in [0.15, 0.2) is 35.4 Å². The summed E-state index contributed by atoms with van der Waals surface area (Å²) in [4.78, 5) is 3.45. The van der Waals surface area contributed by atoms with E-state index in [-0.39, 0.29) is 0 Å². The van der Waals surface area contributed by atoms with Crippen LogP contribution in [0, 0.1) is 0 Å². The van der Waals surface area contributed by atoms with E-state index in [1.807, 2.05) is 18.8 Å². The van der Waals surface area contributed by atoms with Gasteiger partial charge in [-0.2, -0.15) is 0 Å². The molecule has 1 unspecified atom stereocenters. The molecule has 0 amide bonds. The Morgan fingerprint density at radius 2 is 2.18 bits per heavy atom. The van der Waals surface area contributed by atoms with Crippen LogP contribution >= 0.6 is 11.8 Å². The third kappa shape index (κ3) is 3.51. The Morgan fingerprint density at radius 1 is 1.35 bits per heavy atom. The highest BCUT2D eigenvalue weighted by atomic mass is 32.2. The Bertz CT molecular complexity index is 431. The fourth-order valence-electron chi connectivity index (χ4n) is 1.84. The number of hydrogen-bond acceptors (Lipinski definition) is 2. The van der Waals surface area contributed by atoms with Gasteiger partial charge in [0.2, 0.25) is 0 Å². The van der Waals surface area contributed by atoms with Crippen LogP contribution in [0.4, 0.5) is 0 Å². The van der Waals surface area contributed by atoms with Gasteiger partial charge in [-0.25, -0.2) is 0 Å². The van der Waals surface area contributed by atoms with Crippen LogP contribution in [0.3, 0.4) is 0 Å². The third-order valence-electron chi connectivity index (χ3n) is 3.04. The van der Waals surface area contributed by atoms with Gasteiger partial charge >= 0.3 is 0 Å². The molecule has 0 bridgehead atoms. The summed E-state index contributed by atoms with van der Waals surface area (Å²) in [5.41, 5.74) is 1.23. The zero-order valence-corrected chi connectivity index (χ0v) is 11.3. The fourth-order valence-corrected chi connectivity index (χ4v) is 2.76. The van der Waals surface area contributed by atoms with Crippen molar-refractivity contribution >= 4 is 22.7 Å². The van der Waals surface area contributed by atoms with E-state index < -0.39 is 0 Å². The molecule has 3 heteroatoms. The van der Waals surface area contributed by atoms with Crippen molar-refractivity contribution in [2.24, 2.45) is 0 Å². The van der Waals surface area contributed by atoms with Crippen molar-refractivity contribution in [3.8, 4) is 0 Å². The summed E-state index contributed by atoms with van der Waals surface area (Å²) in [5.74, 6) is 1.18. The molecule has 2 rings (SSSR count). The molecule has 0 fully saturated rings. The lowest BCUT2D eigenvalue weighted by Crippen LogP contribution is -2.20. The van der Waals surface area contributed by atoms with Gasteiger partial charge in [-0.15, -0.1) is 11.8 Å². The molecule has 0 radical (unpaired) electrons. The van der Waals surface area contributed by atoms with Gasteiger partial charge in [0, 0.05) is 16.9 Å². The van der Waals surface area contributed by atoms with Crippen molar-refractivity contribution in [2.75, 3.05) is 12.8 Å². The average Bonchev–Trinajstić information content (AvgIpc) is 2.76. The Balaban J connectivity index is 1.83. The number of aromatic amines is 1. The minimum Gasteiger partial charge on any atom is -0.350 e. The van der Waals surface area contributed by atoms with Crippen molar-refractivity contribution < 1.29 is 0 Å². The summed E-state index contributed by atoms with van der Waals surface area (Å²) in [7, 11) is 2.02. The minimum absolute atomic E-state index is 0.623. The van der Waals surface area contributed by atoms with Crippen molar-refractivity contribution in [3.05, 3.63) is 30.3 Å². The Morgan fingerprint density at radius 3 is 2.94 bits per heavy atom. The number of rotatable bonds is 6. The summed E-state index contributed by atoms with van der Waals surface area (Å²) >= 11 is 1.92. The molecular formula is C14H20N2S. The maximum atomic E-state index is 3.45. The van der Waals surface area contributed by atoms with Gasteiger partial charge in [0.25, 0.3) is 0 Å². The van der Waals surface area contributed by atoms with E-state index in [1.165, 1.54) is 34.5 Å². The maximum Gasteiger partial charge on any atom is 0.0732 e. The number of para-hydroxylation sites is 1. The molecule has 2 N–H and O–H groups in total. The van der Waals surface area contributed by atoms with E-state index in [0.29, 0.717) is 6.04 Å². The molecule has 1 aromatic heterocycles. The van der Waals surface area contributed by atoms with Crippen LogP contribution in [0.2, 0.25) is 0 Å². The van der Waals surface area contributed by atoms with E-state index in [4.69, 9.17) is 0 Å². The topological polar surface area (TPSA) is 27.8 Å². The van der Waals surface area contributed by atoms with Gasteiger partial charge in [0.15, 0.2) is 0 Å². The normalized spacial score (nSPS) is 13.1. The van der Waals surface area contributed by atoms with Crippen LogP contribution in [0.25, 0.3) is 10.9 Å². The first-order valence-electron chi connectivity index (χ1n) is 6.17. The highest BCUT2D eigenvalue weighted by Gasteiger charge is 2.01. The van der Waals surface area contributed by atoms with Crippen molar-refractivity contribution in [1.82, 2.24) is 10.3 Å². The Labute approximate surface area is 107 Å². The Hall–Kier alpha value is -0.930. The van der Waals surface area contributed by atoms with Gasteiger partial charge < -0.3 is 10.3 Å². The molecule has 0 spiro atoms. The maximum absolute atomic E-state index is 3.45. The van der Waals surface area contributed by atoms with E-state index >= 15 is 0 Å². The SMILES string of the molecule is CNC(C)CCCSc1cc2ccccc2[nH]1. The summed E-state index contributed by atoms with van der Waals surface area (Å²) in [5, 5.41) is 5.85. The third-order valence-corrected chi connectivity index (χ3v) is 4.06. The lowest BCUT2D eigenvalue weighted by atomic mass is 10.2. The van der Waals surface area contributed by atoms with E-state index in [2.05, 4.69) is 47.6 Å². The van der Waals surface area contributed by atoms with Crippen molar-refractivity contribution in [3.63, 3.8) is 0 Å². The molecule has 0 aliphatic heterocycles. The fraction of sp³-hybridized carbons (Fsp3) is 0.429. The second-order valence-electron chi connectivity index (χ2n) is 4.40. The molecule has 2 nitrogen and oxygen atoms in total. The predicted molar refractivity (Wildman–Crippen MR) is 76.8 cm³/mol. The molecule has 2 aromatic rings. The smallest absolute Gasteiger partial charge is 0.0732 e. The van der Waals surface area contributed by atoms with Crippen LogP contribution in [-0.4, -0.2) is 23.8 Å². The van der Waals surface area contributed by atoms with Gasteiger partial charge in [0.1, 0.15) is 0 Å². The molecule has 1 atom stereocenters. The second kappa shape index (κ2) is 6.12. The zero-order chi connectivity index (χ0) is 12.1. The lowest BCUT2D eigenvalue weighted by molar-refractivity contribution is 0.559. The highest BCUT2D eigenvalue weighted by molar-refractivity contribution is 7.99. The van der Waals surface area contributed by atoms with Crippen LogP contribution in [-0.2, 0) is 0 Å². The molecule has 1 aromatic carbocycles. The van der Waals surface area contributed by atoms with Gasteiger partial charge in [-0.05, 0) is 44.7 Å². The first kappa shape index (κ1) is 12.5. The first-order chi connectivity index (χ1) is 8.29. The van der Waals surface area contributed by atoms with Crippen molar-refractivity contribution in [1.29, 1.82) is 0 Å². The predicted octanol–water partition coefficient (Wildman–Crippen LogP) is 3.65. The summed E-state index contributed by atoms with van der Waals surface area (Å²) < 4.78 is 0. The number of H-pyrrole nitrogens is 1. The zero-order valence-electron chi connectivity index (χ0n) is 10.5. The number of nitrogens with one attached hydrogen (secondary N) is 2. The van der Waals surface area contributed by atoms with Crippen molar-refractivity contribution in [2.45, 2.75) is 30.8 Å². The largest absolute Gasteiger partial charge is 0.350 e. The summed E-state index contributed by atoms with van der Waals surface area (Å²) in [6.45, 7) is 2.23. The van der Waals surface area contributed by atoms with E-state index in [1.54, 1.807) is 0 Å². The number of hydrogen-bond donors (Lipinski definition) is 2. The van der Waals surface area contributed by atoms with Gasteiger partial charge in [-0.3, -0.25) is 0 Å². The molecule has 17 heavy (non-hydrogen) atoms. The van der Waals surface area contributed by atoms with Crippen LogP contribution < -0.4 is 5.32 Å². The molecule has 92 valence electrons. The first-order valence-corrected chi connectivity index (χ1v) is 7.16. The molecular weight excluding hydrogens is 228 g/mol.